The summed E-state index contributed by atoms with van der Waals surface area (Å²) in [7, 11) is 0. The Bertz CT molecular complexity index is 390. The Morgan fingerprint density at radius 1 is 1.06 bits per heavy atom. The first-order chi connectivity index (χ1) is 7.66. The number of aromatic nitrogens is 2. The summed E-state index contributed by atoms with van der Waals surface area (Å²) >= 11 is 1.09. The van der Waals surface area contributed by atoms with Crippen molar-refractivity contribution in [1.29, 1.82) is 0 Å². The van der Waals surface area contributed by atoms with Crippen LogP contribution < -0.4 is 9.86 Å². The van der Waals surface area contributed by atoms with Gasteiger partial charge in [-0.05, 0) is 6.07 Å². The van der Waals surface area contributed by atoms with Gasteiger partial charge >= 0.3 is 0 Å². The first-order valence-electron chi connectivity index (χ1n) is 5.66. The molecule has 17 heavy (non-hydrogen) atoms. The van der Waals surface area contributed by atoms with Gasteiger partial charge in [-0.1, -0.05) is 41.5 Å². The van der Waals surface area contributed by atoms with Gasteiger partial charge in [0.2, 0.25) is 0 Å². The molecule has 0 spiro atoms. The molecule has 0 radical (unpaired) electrons. The summed E-state index contributed by atoms with van der Waals surface area (Å²) in [5.41, 5.74) is 2.77. The summed E-state index contributed by atoms with van der Waals surface area (Å²) in [4.78, 5) is 0. The van der Waals surface area contributed by atoms with Gasteiger partial charge < -0.3 is 4.72 Å². The highest BCUT2D eigenvalue weighted by Crippen LogP contribution is 2.31. The minimum absolute atomic E-state index is 0.0148. The van der Waals surface area contributed by atoms with E-state index in [2.05, 4.69) is 56.5 Å². The molecule has 1 aromatic rings. The number of rotatable bonds is 2. The van der Waals surface area contributed by atoms with Gasteiger partial charge in [-0.2, -0.15) is 10.2 Å². The van der Waals surface area contributed by atoms with E-state index in [9.17, 15) is 0 Å². The van der Waals surface area contributed by atoms with E-state index in [1.54, 1.807) is 0 Å². The molecule has 3 N–H and O–H groups in total. The lowest BCUT2D eigenvalue weighted by Gasteiger charge is -2.24. The second-order valence-corrected chi connectivity index (χ2v) is 6.65. The van der Waals surface area contributed by atoms with Crippen LogP contribution in [-0.2, 0) is 10.8 Å². The number of nitrogens with zero attached hydrogens (tertiary/aromatic N) is 2. The van der Waals surface area contributed by atoms with Crippen molar-refractivity contribution in [2.75, 3.05) is 4.72 Å². The van der Waals surface area contributed by atoms with E-state index in [4.69, 9.17) is 5.14 Å². The molecule has 0 unspecified atom stereocenters. The molecule has 0 amide bonds. The first-order valence-corrected chi connectivity index (χ1v) is 6.54. The Morgan fingerprint density at radius 3 is 2.06 bits per heavy atom. The summed E-state index contributed by atoms with van der Waals surface area (Å²) in [5, 5.41) is 14.2. The Kier molecular flexibility index (Phi) is 4.04. The molecule has 0 fully saturated rings. The number of nitrogens with one attached hydrogen (secondary N) is 1. The topological polar surface area (TPSA) is 63.8 Å². The molecule has 0 bridgehead atoms. The maximum Gasteiger partial charge on any atom is 0.0924 e. The van der Waals surface area contributed by atoms with Crippen LogP contribution in [0.15, 0.2) is 6.07 Å². The standard InChI is InChI=1S/C12H22N4S/c1-11(2,3)9-7-8(16-17-13)10(15-14-9)12(4,5)6/h7H,13H2,1-6H3,(H,14,16). The third-order valence-corrected chi connectivity index (χ3v) is 2.78. The monoisotopic (exact) mass is 254 g/mol. The molecule has 0 aliphatic rings. The highest BCUT2D eigenvalue weighted by Gasteiger charge is 2.24. The summed E-state index contributed by atoms with van der Waals surface area (Å²) in [6, 6.07) is 2.04. The van der Waals surface area contributed by atoms with Crippen LogP contribution in [0, 0.1) is 0 Å². The first kappa shape index (κ1) is 14.3. The molecule has 1 heterocycles. The van der Waals surface area contributed by atoms with Crippen LogP contribution in [0.5, 0.6) is 0 Å². The molecule has 4 nitrogen and oxygen atoms in total. The molecule has 1 rings (SSSR count). The van der Waals surface area contributed by atoms with Gasteiger partial charge in [0.15, 0.2) is 0 Å². The highest BCUT2D eigenvalue weighted by atomic mass is 32.2. The van der Waals surface area contributed by atoms with Crippen molar-refractivity contribution < 1.29 is 0 Å². The van der Waals surface area contributed by atoms with Gasteiger partial charge in [0.1, 0.15) is 0 Å². The SMILES string of the molecule is CC(C)(C)c1cc(NSN)c(C(C)(C)C)nn1. The average molecular weight is 254 g/mol. The van der Waals surface area contributed by atoms with Crippen LogP contribution in [-0.4, -0.2) is 10.2 Å². The normalized spacial score (nSPS) is 12.6. The van der Waals surface area contributed by atoms with E-state index in [1.807, 2.05) is 6.07 Å². The van der Waals surface area contributed by atoms with Crippen LogP contribution in [0.25, 0.3) is 0 Å². The van der Waals surface area contributed by atoms with E-state index < -0.39 is 0 Å². The van der Waals surface area contributed by atoms with Crippen molar-refractivity contribution in [2.24, 2.45) is 5.14 Å². The van der Waals surface area contributed by atoms with Crippen molar-refractivity contribution in [1.82, 2.24) is 10.2 Å². The second kappa shape index (κ2) is 4.82. The van der Waals surface area contributed by atoms with Crippen LogP contribution in [0.2, 0.25) is 0 Å². The van der Waals surface area contributed by atoms with Crippen LogP contribution >= 0.6 is 12.1 Å². The minimum Gasteiger partial charge on any atom is -0.315 e. The Hall–Kier alpha value is -0.810. The van der Waals surface area contributed by atoms with Crippen molar-refractivity contribution in [3.63, 3.8) is 0 Å². The molecule has 0 saturated heterocycles. The molecule has 96 valence electrons. The highest BCUT2D eigenvalue weighted by molar-refractivity contribution is 7.98. The molecule has 0 atom stereocenters. The Morgan fingerprint density at radius 2 is 1.65 bits per heavy atom. The van der Waals surface area contributed by atoms with E-state index in [0.717, 1.165) is 29.2 Å². The zero-order chi connectivity index (χ0) is 13.3. The van der Waals surface area contributed by atoms with Gasteiger partial charge in [0.05, 0.1) is 17.1 Å². The molecular weight excluding hydrogens is 232 g/mol. The lowest BCUT2D eigenvalue weighted by molar-refractivity contribution is 0.529. The van der Waals surface area contributed by atoms with Gasteiger partial charge in [-0.25, -0.2) is 0 Å². The second-order valence-electron chi connectivity index (χ2n) is 6.21. The third kappa shape index (κ3) is 3.57. The Balaban J connectivity index is 3.27. The lowest BCUT2D eigenvalue weighted by Crippen LogP contribution is -2.21. The quantitative estimate of drug-likeness (QED) is 0.794. The van der Waals surface area contributed by atoms with Gasteiger partial charge in [-0.15, -0.1) is 0 Å². The summed E-state index contributed by atoms with van der Waals surface area (Å²) in [6.45, 7) is 12.7. The molecule has 1 aromatic heterocycles. The van der Waals surface area contributed by atoms with Crippen LogP contribution in [0.4, 0.5) is 5.69 Å². The largest absolute Gasteiger partial charge is 0.315 e. The number of hydrogen-bond acceptors (Lipinski definition) is 5. The molecule has 0 aliphatic carbocycles. The van der Waals surface area contributed by atoms with Crippen molar-refractivity contribution >= 4 is 17.8 Å². The van der Waals surface area contributed by atoms with E-state index >= 15 is 0 Å². The molecule has 0 aromatic carbocycles. The lowest BCUT2D eigenvalue weighted by atomic mass is 9.88. The van der Waals surface area contributed by atoms with Crippen molar-refractivity contribution in [3.8, 4) is 0 Å². The maximum absolute atomic E-state index is 5.49. The number of nitrogens with two attached hydrogens (primary N) is 1. The van der Waals surface area contributed by atoms with Crippen molar-refractivity contribution in [2.45, 2.75) is 52.4 Å². The third-order valence-electron chi connectivity index (χ3n) is 2.44. The minimum atomic E-state index is -0.0541. The predicted molar refractivity (Wildman–Crippen MR) is 74.8 cm³/mol. The van der Waals surface area contributed by atoms with Crippen molar-refractivity contribution in [3.05, 3.63) is 17.5 Å². The zero-order valence-corrected chi connectivity index (χ0v) is 12.3. The fourth-order valence-corrected chi connectivity index (χ4v) is 1.74. The smallest absolute Gasteiger partial charge is 0.0924 e. The van der Waals surface area contributed by atoms with Gasteiger partial charge in [0.25, 0.3) is 0 Å². The average Bonchev–Trinajstić information content (AvgIpc) is 2.15. The summed E-state index contributed by atoms with van der Waals surface area (Å²) in [5.74, 6) is 0. The number of anilines is 1. The molecular formula is C12H22N4S. The zero-order valence-electron chi connectivity index (χ0n) is 11.5. The summed E-state index contributed by atoms with van der Waals surface area (Å²) < 4.78 is 3.09. The molecule has 5 heteroatoms. The fraction of sp³-hybridized carbons (Fsp3) is 0.667. The summed E-state index contributed by atoms with van der Waals surface area (Å²) in [6.07, 6.45) is 0. The maximum atomic E-state index is 5.49. The molecule has 0 aliphatic heterocycles. The van der Waals surface area contributed by atoms with Crippen LogP contribution in [0.1, 0.15) is 52.9 Å². The predicted octanol–water partition coefficient (Wildman–Crippen LogP) is 3.01. The van der Waals surface area contributed by atoms with E-state index in [-0.39, 0.29) is 10.8 Å². The van der Waals surface area contributed by atoms with E-state index in [0.29, 0.717) is 0 Å². The van der Waals surface area contributed by atoms with Crippen LogP contribution in [0.3, 0.4) is 0 Å². The fourth-order valence-electron chi connectivity index (χ4n) is 1.45. The Labute approximate surface area is 108 Å². The van der Waals surface area contributed by atoms with Gasteiger partial charge in [-0.3, -0.25) is 5.14 Å². The molecule has 0 saturated carbocycles. The van der Waals surface area contributed by atoms with Gasteiger partial charge in [0, 0.05) is 23.0 Å². The number of hydrogen-bond donors (Lipinski definition) is 2. The van der Waals surface area contributed by atoms with E-state index in [1.165, 1.54) is 0 Å².